The SMILES string of the molecule is O=c1[nH]c2ccc(-c3cccc([N+](=O)[O-])c3)cc2o1. The summed E-state index contributed by atoms with van der Waals surface area (Å²) in [7, 11) is 0. The highest BCUT2D eigenvalue weighted by Gasteiger charge is 2.08. The van der Waals surface area contributed by atoms with Crippen molar-refractivity contribution in [1.82, 2.24) is 4.98 Å². The van der Waals surface area contributed by atoms with E-state index in [1.54, 1.807) is 30.3 Å². The van der Waals surface area contributed by atoms with Gasteiger partial charge in [0.2, 0.25) is 0 Å². The third kappa shape index (κ3) is 1.99. The summed E-state index contributed by atoms with van der Waals surface area (Å²) >= 11 is 0. The second-order valence-corrected chi connectivity index (χ2v) is 4.03. The third-order valence-electron chi connectivity index (χ3n) is 2.81. The molecule has 1 N–H and O–H groups in total. The van der Waals surface area contributed by atoms with Crippen molar-refractivity contribution in [3.8, 4) is 11.1 Å². The fourth-order valence-corrected chi connectivity index (χ4v) is 1.92. The van der Waals surface area contributed by atoms with Crippen LogP contribution in [0.4, 0.5) is 5.69 Å². The molecule has 0 saturated carbocycles. The maximum atomic E-state index is 11.1. The molecular formula is C13H8N2O4. The minimum Gasteiger partial charge on any atom is -0.408 e. The molecule has 0 radical (unpaired) electrons. The maximum Gasteiger partial charge on any atom is 0.417 e. The zero-order valence-corrected chi connectivity index (χ0v) is 9.62. The molecule has 19 heavy (non-hydrogen) atoms. The van der Waals surface area contributed by atoms with Crippen LogP contribution < -0.4 is 5.76 Å². The monoisotopic (exact) mass is 256 g/mol. The van der Waals surface area contributed by atoms with Gasteiger partial charge in [-0.1, -0.05) is 18.2 Å². The van der Waals surface area contributed by atoms with Crippen LogP contribution in [-0.4, -0.2) is 9.91 Å². The second-order valence-electron chi connectivity index (χ2n) is 4.03. The molecule has 6 nitrogen and oxygen atoms in total. The van der Waals surface area contributed by atoms with Crippen molar-refractivity contribution in [3.05, 3.63) is 63.1 Å². The molecule has 0 bridgehead atoms. The Hall–Kier alpha value is -2.89. The predicted molar refractivity (Wildman–Crippen MR) is 68.9 cm³/mol. The smallest absolute Gasteiger partial charge is 0.408 e. The van der Waals surface area contributed by atoms with Gasteiger partial charge in [-0.2, -0.15) is 0 Å². The first kappa shape index (κ1) is 11.2. The molecule has 0 amide bonds. The summed E-state index contributed by atoms with van der Waals surface area (Å²) in [6, 6.07) is 11.4. The van der Waals surface area contributed by atoms with Crippen molar-refractivity contribution in [1.29, 1.82) is 0 Å². The number of nitrogens with one attached hydrogen (secondary N) is 1. The Labute approximate surface area is 106 Å². The van der Waals surface area contributed by atoms with E-state index in [-0.39, 0.29) is 5.69 Å². The largest absolute Gasteiger partial charge is 0.417 e. The first-order valence-corrected chi connectivity index (χ1v) is 5.51. The average molecular weight is 256 g/mol. The highest BCUT2D eigenvalue weighted by Crippen LogP contribution is 2.26. The molecule has 0 aliphatic rings. The van der Waals surface area contributed by atoms with Gasteiger partial charge in [0, 0.05) is 12.1 Å². The van der Waals surface area contributed by atoms with E-state index < -0.39 is 10.7 Å². The molecule has 2 aromatic carbocycles. The summed E-state index contributed by atoms with van der Waals surface area (Å²) < 4.78 is 4.96. The van der Waals surface area contributed by atoms with Crippen LogP contribution in [0, 0.1) is 10.1 Å². The molecule has 0 unspecified atom stereocenters. The lowest BCUT2D eigenvalue weighted by atomic mass is 10.0. The molecule has 0 spiro atoms. The molecule has 94 valence electrons. The van der Waals surface area contributed by atoms with Crippen LogP contribution in [0.15, 0.2) is 51.7 Å². The van der Waals surface area contributed by atoms with Crippen molar-refractivity contribution < 1.29 is 9.34 Å². The normalized spacial score (nSPS) is 10.7. The van der Waals surface area contributed by atoms with E-state index >= 15 is 0 Å². The minimum atomic E-state index is -0.522. The molecule has 0 saturated heterocycles. The molecule has 0 aliphatic heterocycles. The molecule has 1 aromatic heterocycles. The van der Waals surface area contributed by atoms with Gasteiger partial charge in [-0.05, 0) is 23.3 Å². The Kier molecular flexibility index (Phi) is 2.42. The number of H-pyrrole nitrogens is 1. The van der Waals surface area contributed by atoms with Gasteiger partial charge in [0.25, 0.3) is 5.69 Å². The topological polar surface area (TPSA) is 89.1 Å². The molecule has 6 heteroatoms. The highest BCUT2D eigenvalue weighted by molar-refractivity contribution is 5.80. The van der Waals surface area contributed by atoms with Crippen LogP contribution in [0.25, 0.3) is 22.2 Å². The molecule has 0 fully saturated rings. The van der Waals surface area contributed by atoms with Gasteiger partial charge in [0.1, 0.15) is 0 Å². The number of aromatic nitrogens is 1. The molecule has 0 atom stereocenters. The fourth-order valence-electron chi connectivity index (χ4n) is 1.92. The minimum absolute atomic E-state index is 0.0214. The van der Waals surface area contributed by atoms with E-state index in [0.29, 0.717) is 16.7 Å². The summed E-state index contributed by atoms with van der Waals surface area (Å²) in [4.78, 5) is 23.9. The number of rotatable bonds is 2. The van der Waals surface area contributed by atoms with Crippen LogP contribution in [-0.2, 0) is 0 Å². The maximum absolute atomic E-state index is 11.1. The second kappa shape index (κ2) is 4.09. The van der Waals surface area contributed by atoms with Crippen molar-refractivity contribution in [2.24, 2.45) is 0 Å². The lowest BCUT2D eigenvalue weighted by molar-refractivity contribution is -0.384. The van der Waals surface area contributed by atoms with Crippen LogP contribution in [0.2, 0.25) is 0 Å². The van der Waals surface area contributed by atoms with Gasteiger partial charge < -0.3 is 4.42 Å². The van der Waals surface area contributed by atoms with Gasteiger partial charge in [-0.25, -0.2) is 4.79 Å². The molecule has 3 aromatic rings. The first-order chi connectivity index (χ1) is 9.13. The number of nitro groups is 1. The van der Waals surface area contributed by atoms with Crippen molar-refractivity contribution in [2.75, 3.05) is 0 Å². The lowest BCUT2D eigenvalue weighted by Gasteiger charge is -2.01. The number of non-ortho nitro benzene ring substituents is 1. The fraction of sp³-hybridized carbons (Fsp3) is 0. The summed E-state index contributed by atoms with van der Waals surface area (Å²) in [6.45, 7) is 0. The standard InChI is InChI=1S/C13H8N2O4/c16-13-14-11-5-4-9(7-12(11)19-13)8-2-1-3-10(6-8)15(17)18/h1-7H,(H,14,16). The van der Waals surface area contributed by atoms with Crippen molar-refractivity contribution >= 4 is 16.8 Å². The van der Waals surface area contributed by atoms with E-state index in [2.05, 4.69) is 4.98 Å². The highest BCUT2D eigenvalue weighted by atomic mass is 16.6. The zero-order valence-electron chi connectivity index (χ0n) is 9.62. The number of benzene rings is 2. The Balaban J connectivity index is 2.15. The summed E-state index contributed by atoms with van der Waals surface area (Å²) in [5.74, 6) is -0.522. The quantitative estimate of drug-likeness (QED) is 0.563. The Morgan fingerprint density at radius 1 is 1.11 bits per heavy atom. The van der Waals surface area contributed by atoms with Gasteiger partial charge in [0.05, 0.1) is 10.4 Å². The molecule has 0 aliphatic carbocycles. The predicted octanol–water partition coefficient (Wildman–Crippen LogP) is 2.70. The molecule has 1 heterocycles. The number of fused-ring (bicyclic) bond motifs is 1. The Bertz CT molecular complexity index is 832. The number of hydrogen-bond donors (Lipinski definition) is 1. The summed E-state index contributed by atoms with van der Waals surface area (Å²) in [5.41, 5.74) is 2.49. The van der Waals surface area contributed by atoms with Gasteiger partial charge in [0.15, 0.2) is 5.58 Å². The van der Waals surface area contributed by atoms with Crippen LogP contribution in [0.1, 0.15) is 0 Å². The number of oxazole rings is 1. The van der Waals surface area contributed by atoms with Crippen LogP contribution >= 0.6 is 0 Å². The average Bonchev–Trinajstić information content (AvgIpc) is 2.77. The molecule has 3 rings (SSSR count). The van der Waals surface area contributed by atoms with Crippen molar-refractivity contribution in [2.45, 2.75) is 0 Å². The van der Waals surface area contributed by atoms with Crippen molar-refractivity contribution in [3.63, 3.8) is 0 Å². The Morgan fingerprint density at radius 3 is 2.68 bits per heavy atom. The first-order valence-electron chi connectivity index (χ1n) is 5.51. The summed E-state index contributed by atoms with van der Waals surface area (Å²) in [6.07, 6.45) is 0. The van der Waals surface area contributed by atoms with Gasteiger partial charge >= 0.3 is 5.76 Å². The number of aromatic amines is 1. The van der Waals surface area contributed by atoms with Gasteiger partial charge in [-0.15, -0.1) is 0 Å². The van der Waals surface area contributed by atoms with E-state index in [1.807, 2.05) is 0 Å². The van der Waals surface area contributed by atoms with Crippen LogP contribution in [0.3, 0.4) is 0 Å². The third-order valence-corrected chi connectivity index (χ3v) is 2.81. The zero-order chi connectivity index (χ0) is 13.4. The van der Waals surface area contributed by atoms with E-state index in [9.17, 15) is 14.9 Å². The summed E-state index contributed by atoms with van der Waals surface area (Å²) in [5, 5.41) is 10.7. The number of nitrogens with zero attached hydrogens (tertiary/aromatic N) is 1. The van der Waals surface area contributed by atoms with E-state index in [0.717, 1.165) is 5.56 Å². The van der Waals surface area contributed by atoms with Crippen LogP contribution in [0.5, 0.6) is 0 Å². The Morgan fingerprint density at radius 2 is 1.89 bits per heavy atom. The number of hydrogen-bond acceptors (Lipinski definition) is 4. The van der Waals surface area contributed by atoms with E-state index in [1.165, 1.54) is 12.1 Å². The van der Waals surface area contributed by atoms with Gasteiger partial charge in [-0.3, -0.25) is 15.1 Å². The van der Waals surface area contributed by atoms with E-state index in [4.69, 9.17) is 4.42 Å². The number of nitro benzene ring substituents is 1. The molecular weight excluding hydrogens is 248 g/mol. The lowest BCUT2D eigenvalue weighted by Crippen LogP contribution is -1.92.